The average molecular weight is 444 g/mol. The van der Waals surface area contributed by atoms with E-state index in [-0.39, 0.29) is 23.9 Å². The third kappa shape index (κ3) is 4.01. The number of aryl methyl sites for hydroxylation is 1. The van der Waals surface area contributed by atoms with Crippen LogP contribution in [0.25, 0.3) is 16.9 Å². The highest BCUT2D eigenvalue weighted by Gasteiger charge is 2.35. The Hall–Kier alpha value is -3.89. The predicted octanol–water partition coefficient (Wildman–Crippen LogP) is 3.30. The van der Waals surface area contributed by atoms with Crippen LogP contribution in [0, 0.1) is 0 Å². The van der Waals surface area contributed by atoms with E-state index < -0.39 is 23.7 Å². The monoisotopic (exact) mass is 444 g/mol. The van der Waals surface area contributed by atoms with Gasteiger partial charge in [0.25, 0.3) is 5.95 Å². The summed E-state index contributed by atoms with van der Waals surface area (Å²) in [5.74, 6) is -0.975. The van der Waals surface area contributed by atoms with Gasteiger partial charge >= 0.3 is 6.18 Å². The van der Waals surface area contributed by atoms with Crippen LogP contribution in [0.4, 0.5) is 13.2 Å². The molecule has 2 N–H and O–H groups in total. The van der Waals surface area contributed by atoms with E-state index in [1.165, 1.54) is 18.5 Å². The van der Waals surface area contributed by atoms with Crippen molar-refractivity contribution in [1.82, 2.24) is 29.6 Å². The van der Waals surface area contributed by atoms with Gasteiger partial charge in [0.2, 0.25) is 5.91 Å². The van der Waals surface area contributed by atoms with E-state index in [2.05, 4.69) is 20.4 Å². The Morgan fingerprint density at radius 3 is 2.62 bits per heavy atom. The van der Waals surface area contributed by atoms with E-state index in [0.717, 1.165) is 21.7 Å². The van der Waals surface area contributed by atoms with Crippen molar-refractivity contribution in [1.29, 1.82) is 0 Å². The molecule has 0 radical (unpaired) electrons. The molecule has 3 aromatic heterocycles. The molecule has 4 rings (SSSR count). The van der Waals surface area contributed by atoms with Crippen molar-refractivity contribution < 1.29 is 23.1 Å². The van der Waals surface area contributed by atoms with Crippen LogP contribution in [-0.2, 0) is 24.6 Å². The molecule has 1 atom stereocenters. The Kier molecular flexibility index (Phi) is 5.33. The van der Waals surface area contributed by atoms with Gasteiger partial charge < -0.3 is 15.0 Å². The van der Waals surface area contributed by atoms with Crippen molar-refractivity contribution in [3.8, 4) is 11.7 Å². The summed E-state index contributed by atoms with van der Waals surface area (Å²) in [6.07, 6.45) is -0.0928. The van der Waals surface area contributed by atoms with Crippen molar-refractivity contribution in [2.75, 3.05) is 0 Å². The smallest absolute Gasteiger partial charge is 0.435 e. The summed E-state index contributed by atoms with van der Waals surface area (Å²) >= 11 is 0. The van der Waals surface area contributed by atoms with E-state index in [9.17, 15) is 23.1 Å². The van der Waals surface area contributed by atoms with Crippen LogP contribution in [-0.4, -0.2) is 35.3 Å². The molecule has 0 saturated carbocycles. The molecule has 0 saturated heterocycles. The van der Waals surface area contributed by atoms with Gasteiger partial charge in [0, 0.05) is 36.5 Å². The second kappa shape index (κ2) is 7.98. The Morgan fingerprint density at radius 1 is 1.22 bits per heavy atom. The van der Waals surface area contributed by atoms with Gasteiger partial charge in [-0.15, -0.1) is 0 Å². The number of nitrogens with zero attached hydrogens (tertiary/aromatic N) is 5. The zero-order valence-electron chi connectivity index (χ0n) is 17.1. The third-order valence-electron chi connectivity index (χ3n) is 5.12. The molecule has 11 heteroatoms. The Balaban J connectivity index is 1.59. The normalized spacial score (nSPS) is 12.8. The molecule has 0 aliphatic carbocycles. The maximum atomic E-state index is 13.2. The number of benzene rings is 1. The standard InChI is InChI=1S/C21H19F3N6O2/c1-12(16-11-29(2)17-5-4-14(31)9-15(16)17)19(32)27-10-13-8-18(21(22,23)24)28-30(13)20-25-6-3-7-26-20/h3-9,11-12,31H,10H2,1-2H3,(H,27,32). The zero-order chi connectivity index (χ0) is 23.0. The summed E-state index contributed by atoms with van der Waals surface area (Å²) in [7, 11) is 1.82. The first-order chi connectivity index (χ1) is 15.1. The lowest BCUT2D eigenvalue weighted by Gasteiger charge is -2.12. The van der Waals surface area contributed by atoms with Crippen LogP contribution >= 0.6 is 0 Å². The van der Waals surface area contributed by atoms with E-state index in [4.69, 9.17) is 0 Å². The third-order valence-corrected chi connectivity index (χ3v) is 5.12. The summed E-state index contributed by atoms with van der Waals surface area (Å²) in [5, 5.41) is 16.8. The summed E-state index contributed by atoms with van der Waals surface area (Å²) in [6, 6.07) is 7.27. The molecule has 1 aromatic carbocycles. The number of rotatable bonds is 5. The number of hydrogen-bond donors (Lipinski definition) is 2. The Labute approximate surface area is 180 Å². The van der Waals surface area contributed by atoms with E-state index in [1.54, 1.807) is 31.3 Å². The molecule has 0 aliphatic rings. The second-order valence-corrected chi connectivity index (χ2v) is 7.32. The largest absolute Gasteiger partial charge is 0.508 e. The lowest BCUT2D eigenvalue weighted by atomic mass is 9.99. The minimum absolute atomic E-state index is 0.0372. The van der Waals surface area contributed by atoms with Crippen molar-refractivity contribution in [2.45, 2.75) is 25.6 Å². The molecule has 4 aromatic rings. The number of amides is 1. The van der Waals surface area contributed by atoms with Crippen LogP contribution < -0.4 is 5.32 Å². The molecule has 0 aliphatic heterocycles. The number of alkyl halides is 3. The number of hydrogen-bond acceptors (Lipinski definition) is 5. The Bertz CT molecular complexity index is 1280. The fourth-order valence-electron chi connectivity index (χ4n) is 3.49. The molecule has 0 fully saturated rings. The van der Waals surface area contributed by atoms with Gasteiger partial charge in [-0.2, -0.15) is 18.3 Å². The molecule has 1 amide bonds. The minimum atomic E-state index is -4.66. The molecule has 8 nitrogen and oxygen atoms in total. The Morgan fingerprint density at radius 2 is 1.94 bits per heavy atom. The summed E-state index contributed by atoms with van der Waals surface area (Å²) in [6.45, 7) is 1.48. The first-order valence-corrected chi connectivity index (χ1v) is 9.64. The van der Waals surface area contributed by atoms with Crippen molar-refractivity contribution >= 4 is 16.8 Å². The number of nitrogens with one attached hydrogen (secondary N) is 1. The number of aromatic hydroxyl groups is 1. The SMILES string of the molecule is CC(C(=O)NCc1cc(C(F)(F)F)nn1-c1ncccn1)c1cn(C)c2ccc(O)cc12. The summed E-state index contributed by atoms with van der Waals surface area (Å²) < 4.78 is 42.4. The number of fused-ring (bicyclic) bond motifs is 1. The first kappa shape index (κ1) is 21.3. The second-order valence-electron chi connectivity index (χ2n) is 7.32. The van der Waals surface area contributed by atoms with Crippen LogP contribution in [0.2, 0.25) is 0 Å². The van der Waals surface area contributed by atoms with Gasteiger partial charge in [0.05, 0.1) is 18.2 Å². The van der Waals surface area contributed by atoms with Gasteiger partial charge in [-0.3, -0.25) is 4.79 Å². The number of carbonyl (C=O) groups is 1. The number of halogens is 3. The van der Waals surface area contributed by atoms with Gasteiger partial charge in [-0.25, -0.2) is 14.6 Å². The average Bonchev–Trinajstić information content (AvgIpc) is 3.33. The number of carbonyl (C=O) groups excluding carboxylic acids is 1. The molecule has 1 unspecified atom stereocenters. The quantitative estimate of drug-likeness (QED) is 0.492. The number of phenols is 1. The minimum Gasteiger partial charge on any atom is -0.508 e. The molecular weight excluding hydrogens is 425 g/mol. The lowest BCUT2D eigenvalue weighted by Crippen LogP contribution is -2.28. The van der Waals surface area contributed by atoms with E-state index in [0.29, 0.717) is 5.56 Å². The van der Waals surface area contributed by atoms with Crippen LogP contribution in [0.1, 0.15) is 29.8 Å². The molecule has 32 heavy (non-hydrogen) atoms. The van der Waals surface area contributed by atoms with E-state index in [1.807, 2.05) is 11.6 Å². The summed E-state index contributed by atoms with van der Waals surface area (Å²) in [5.41, 5.74) is 0.504. The van der Waals surface area contributed by atoms with Gasteiger partial charge in [0.15, 0.2) is 5.69 Å². The first-order valence-electron chi connectivity index (χ1n) is 9.64. The fourth-order valence-corrected chi connectivity index (χ4v) is 3.49. The van der Waals surface area contributed by atoms with Crippen LogP contribution in [0.5, 0.6) is 5.75 Å². The molecular formula is C21H19F3N6O2. The zero-order valence-corrected chi connectivity index (χ0v) is 17.1. The molecule has 0 bridgehead atoms. The molecule has 3 heterocycles. The van der Waals surface area contributed by atoms with Gasteiger partial charge in [-0.05, 0) is 42.8 Å². The summed E-state index contributed by atoms with van der Waals surface area (Å²) in [4.78, 5) is 20.7. The lowest BCUT2D eigenvalue weighted by molar-refractivity contribution is -0.141. The van der Waals surface area contributed by atoms with Gasteiger partial charge in [0.1, 0.15) is 5.75 Å². The highest BCUT2D eigenvalue weighted by Crippen LogP contribution is 2.31. The van der Waals surface area contributed by atoms with E-state index >= 15 is 0 Å². The highest BCUT2D eigenvalue weighted by atomic mass is 19.4. The van der Waals surface area contributed by atoms with Crippen molar-refractivity contribution in [3.63, 3.8) is 0 Å². The number of phenolic OH excluding ortho intramolecular Hbond substituents is 1. The van der Waals surface area contributed by atoms with Gasteiger partial charge in [-0.1, -0.05) is 0 Å². The maximum Gasteiger partial charge on any atom is 0.435 e. The molecule has 0 spiro atoms. The maximum absolute atomic E-state index is 13.2. The predicted molar refractivity (Wildman–Crippen MR) is 109 cm³/mol. The van der Waals surface area contributed by atoms with Crippen LogP contribution in [0.3, 0.4) is 0 Å². The fraction of sp³-hybridized carbons (Fsp3) is 0.238. The van der Waals surface area contributed by atoms with Crippen molar-refractivity contribution in [2.24, 2.45) is 7.05 Å². The highest BCUT2D eigenvalue weighted by molar-refractivity contribution is 5.92. The van der Waals surface area contributed by atoms with Crippen LogP contribution in [0.15, 0.2) is 48.9 Å². The topological polar surface area (TPSA) is 97.9 Å². The number of aromatic nitrogens is 5. The molecule has 166 valence electrons. The van der Waals surface area contributed by atoms with Crippen molar-refractivity contribution in [3.05, 3.63) is 65.9 Å².